The number of fused-ring (bicyclic) bond motifs is 2. The largest absolute Gasteiger partial charge is 0.488 e. The van der Waals surface area contributed by atoms with Gasteiger partial charge in [0.15, 0.2) is 11.5 Å². The highest BCUT2D eigenvalue weighted by Gasteiger charge is 2.25. The Hall–Kier alpha value is -3.46. The Morgan fingerprint density at radius 3 is 2.68 bits per heavy atom. The molecule has 1 aromatic carbocycles. The molecule has 0 amide bonds. The van der Waals surface area contributed by atoms with Crippen molar-refractivity contribution in [2.75, 3.05) is 36.5 Å². The number of anilines is 2. The van der Waals surface area contributed by atoms with E-state index in [2.05, 4.69) is 48.5 Å². The van der Waals surface area contributed by atoms with Crippen LogP contribution in [0.3, 0.4) is 0 Å². The fourth-order valence-electron chi connectivity index (χ4n) is 5.02. The zero-order chi connectivity index (χ0) is 22.9. The molecule has 3 aromatic heterocycles. The summed E-state index contributed by atoms with van der Waals surface area (Å²) >= 11 is 0. The molecule has 176 valence electrons. The van der Waals surface area contributed by atoms with Crippen molar-refractivity contribution in [3.63, 3.8) is 0 Å². The standard InChI is InChI=1S/C25H29N7O2/c1-31-25-20(3-2-8-28-25)24(30-31)29-17-4-6-19(7-5-17)34-22-16-18(32-11-13-33-14-12-32)15-21-23(22)27-10-9-26-21/h2-3,8-10,15-17,19H,4-7,11-14H2,1H3,(H,29,30). The summed E-state index contributed by atoms with van der Waals surface area (Å²) in [6.45, 7) is 3.24. The van der Waals surface area contributed by atoms with Crippen LogP contribution in [-0.2, 0) is 11.8 Å². The molecule has 0 atom stereocenters. The van der Waals surface area contributed by atoms with Crippen molar-refractivity contribution in [2.24, 2.45) is 7.05 Å². The van der Waals surface area contributed by atoms with Crippen molar-refractivity contribution in [3.05, 3.63) is 42.9 Å². The number of aryl methyl sites for hydroxylation is 1. The van der Waals surface area contributed by atoms with E-state index in [1.54, 1.807) is 18.6 Å². The molecule has 1 N–H and O–H groups in total. The Bertz CT molecular complexity index is 1290. The van der Waals surface area contributed by atoms with Crippen LogP contribution in [0.1, 0.15) is 25.7 Å². The van der Waals surface area contributed by atoms with Gasteiger partial charge in [-0.25, -0.2) is 14.6 Å². The molecule has 0 unspecified atom stereocenters. The summed E-state index contributed by atoms with van der Waals surface area (Å²) in [5.41, 5.74) is 3.71. The van der Waals surface area contributed by atoms with E-state index in [0.717, 1.165) is 91.3 Å². The maximum absolute atomic E-state index is 6.56. The third kappa shape index (κ3) is 4.11. The van der Waals surface area contributed by atoms with Crippen LogP contribution < -0.4 is 15.0 Å². The van der Waals surface area contributed by atoms with E-state index in [1.807, 2.05) is 17.8 Å². The number of hydrogen-bond donors (Lipinski definition) is 1. The summed E-state index contributed by atoms with van der Waals surface area (Å²) in [5.74, 6) is 1.74. The number of rotatable bonds is 5. The van der Waals surface area contributed by atoms with E-state index in [1.165, 1.54) is 0 Å². The highest BCUT2D eigenvalue weighted by Crippen LogP contribution is 2.33. The fourth-order valence-corrected chi connectivity index (χ4v) is 5.02. The second kappa shape index (κ2) is 9.06. The first kappa shape index (κ1) is 21.1. The number of ether oxygens (including phenoxy) is 2. The monoisotopic (exact) mass is 459 g/mol. The lowest BCUT2D eigenvalue weighted by Crippen LogP contribution is -2.36. The molecule has 9 heteroatoms. The first-order chi connectivity index (χ1) is 16.7. The van der Waals surface area contributed by atoms with Crippen LogP contribution in [0.25, 0.3) is 22.1 Å². The van der Waals surface area contributed by atoms with Crippen LogP contribution in [0.15, 0.2) is 42.9 Å². The van der Waals surface area contributed by atoms with Gasteiger partial charge in [-0.15, -0.1) is 0 Å². The van der Waals surface area contributed by atoms with E-state index >= 15 is 0 Å². The highest BCUT2D eigenvalue weighted by molar-refractivity contribution is 5.87. The van der Waals surface area contributed by atoms with Gasteiger partial charge in [0, 0.05) is 56.5 Å². The van der Waals surface area contributed by atoms with Gasteiger partial charge in [0.2, 0.25) is 0 Å². The maximum atomic E-state index is 6.56. The minimum absolute atomic E-state index is 0.158. The van der Waals surface area contributed by atoms with E-state index in [0.29, 0.717) is 6.04 Å². The molecular weight excluding hydrogens is 430 g/mol. The zero-order valence-corrected chi connectivity index (χ0v) is 19.4. The van der Waals surface area contributed by atoms with Crippen LogP contribution in [0.2, 0.25) is 0 Å². The van der Waals surface area contributed by atoms with Crippen LogP contribution in [-0.4, -0.2) is 63.2 Å². The van der Waals surface area contributed by atoms with Crippen LogP contribution in [0.5, 0.6) is 5.75 Å². The first-order valence-corrected chi connectivity index (χ1v) is 12.0. The molecule has 4 aromatic rings. The van der Waals surface area contributed by atoms with Gasteiger partial charge in [0.05, 0.1) is 30.2 Å². The molecule has 9 nitrogen and oxygen atoms in total. The minimum Gasteiger partial charge on any atom is -0.488 e. The maximum Gasteiger partial charge on any atom is 0.159 e. The third-order valence-corrected chi connectivity index (χ3v) is 6.81. The number of nitrogens with zero attached hydrogens (tertiary/aromatic N) is 6. The Morgan fingerprint density at radius 1 is 1.00 bits per heavy atom. The van der Waals surface area contributed by atoms with Gasteiger partial charge in [0.1, 0.15) is 11.3 Å². The molecule has 0 spiro atoms. The molecule has 1 saturated carbocycles. The Balaban J connectivity index is 1.16. The number of pyridine rings is 1. The molecule has 6 rings (SSSR count). The molecule has 0 radical (unpaired) electrons. The van der Waals surface area contributed by atoms with Gasteiger partial charge >= 0.3 is 0 Å². The number of morpholine rings is 1. The van der Waals surface area contributed by atoms with E-state index in [4.69, 9.17) is 9.47 Å². The second-order valence-electron chi connectivity index (χ2n) is 9.05. The predicted octanol–water partition coefficient (Wildman–Crippen LogP) is 3.55. The average molecular weight is 460 g/mol. The SMILES string of the molecule is Cn1nc(NC2CCC(Oc3cc(N4CCOCC4)cc4nccnc34)CC2)c2cccnc21. The number of benzene rings is 1. The quantitative estimate of drug-likeness (QED) is 0.485. The van der Waals surface area contributed by atoms with Crippen molar-refractivity contribution in [1.82, 2.24) is 24.7 Å². The molecular formula is C25H29N7O2. The summed E-state index contributed by atoms with van der Waals surface area (Å²) in [4.78, 5) is 15.9. The van der Waals surface area contributed by atoms with Gasteiger partial charge in [0.25, 0.3) is 0 Å². The van der Waals surface area contributed by atoms with Gasteiger partial charge in [-0.3, -0.25) is 4.98 Å². The van der Waals surface area contributed by atoms with E-state index in [-0.39, 0.29) is 6.10 Å². The van der Waals surface area contributed by atoms with Crippen LogP contribution in [0, 0.1) is 0 Å². The highest BCUT2D eigenvalue weighted by atomic mass is 16.5. The number of nitrogens with one attached hydrogen (secondary N) is 1. The lowest BCUT2D eigenvalue weighted by Gasteiger charge is -2.31. The van der Waals surface area contributed by atoms with Gasteiger partial charge in [-0.1, -0.05) is 0 Å². The third-order valence-electron chi connectivity index (χ3n) is 6.81. The molecule has 34 heavy (non-hydrogen) atoms. The Morgan fingerprint density at radius 2 is 1.82 bits per heavy atom. The fraction of sp³-hybridized carbons (Fsp3) is 0.440. The summed E-state index contributed by atoms with van der Waals surface area (Å²) in [6.07, 6.45) is 9.43. The van der Waals surface area contributed by atoms with Gasteiger partial charge in [-0.05, 0) is 43.9 Å². The lowest BCUT2D eigenvalue weighted by molar-refractivity contribution is 0.122. The Kier molecular flexibility index (Phi) is 5.62. The predicted molar refractivity (Wildman–Crippen MR) is 131 cm³/mol. The molecule has 0 bridgehead atoms. The van der Waals surface area contributed by atoms with Crippen molar-refractivity contribution in [3.8, 4) is 5.75 Å². The summed E-state index contributed by atoms with van der Waals surface area (Å²) in [5, 5.41) is 9.35. The molecule has 2 fully saturated rings. The smallest absolute Gasteiger partial charge is 0.159 e. The van der Waals surface area contributed by atoms with Crippen molar-refractivity contribution < 1.29 is 9.47 Å². The van der Waals surface area contributed by atoms with Crippen molar-refractivity contribution >= 4 is 33.6 Å². The minimum atomic E-state index is 0.158. The van der Waals surface area contributed by atoms with Gasteiger partial charge in [-0.2, -0.15) is 5.10 Å². The molecule has 1 aliphatic carbocycles. The number of hydrogen-bond acceptors (Lipinski definition) is 8. The zero-order valence-electron chi connectivity index (χ0n) is 19.4. The van der Waals surface area contributed by atoms with Crippen LogP contribution in [0.4, 0.5) is 11.5 Å². The first-order valence-electron chi connectivity index (χ1n) is 12.0. The second-order valence-corrected chi connectivity index (χ2v) is 9.05. The molecule has 1 saturated heterocycles. The molecule has 1 aliphatic heterocycles. The number of aromatic nitrogens is 5. The van der Waals surface area contributed by atoms with Gasteiger partial charge < -0.3 is 19.7 Å². The molecule has 4 heterocycles. The van der Waals surface area contributed by atoms with E-state index in [9.17, 15) is 0 Å². The topological polar surface area (TPSA) is 90.2 Å². The summed E-state index contributed by atoms with van der Waals surface area (Å²) in [7, 11) is 1.93. The Labute approximate surface area is 198 Å². The summed E-state index contributed by atoms with van der Waals surface area (Å²) < 4.78 is 13.9. The van der Waals surface area contributed by atoms with Crippen molar-refractivity contribution in [1.29, 1.82) is 0 Å². The normalized spacial score (nSPS) is 21.1. The lowest BCUT2D eigenvalue weighted by atomic mass is 9.93. The average Bonchev–Trinajstić information content (AvgIpc) is 3.21. The molecule has 2 aliphatic rings. The van der Waals surface area contributed by atoms with Crippen molar-refractivity contribution in [2.45, 2.75) is 37.8 Å². The van der Waals surface area contributed by atoms with Crippen LogP contribution >= 0.6 is 0 Å². The van der Waals surface area contributed by atoms with E-state index < -0.39 is 0 Å². The summed E-state index contributed by atoms with van der Waals surface area (Å²) in [6, 6.07) is 8.63.